The van der Waals surface area contributed by atoms with E-state index in [1.165, 1.54) is 28.7 Å². The van der Waals surface area contributed by atoms with Crippen LogP contribution < -0.4 is 5.32 Å². The van der Waals surface area contributed by atoms with Gasteiger partial charge in [0.25, 0.3) is 0 Å². The van der Waals surface area contributed by atoms with Crippen molar-refractivity contribution in [2.75, 3.05) is 11.1 Å². The molecule has 0 spiro atoms. The molecule has 7 nitrogen and oxygen atoms in total. The predicted molar refractivity (Wildman–Crippen MR) is 98.9 cm³/mol. The fourth-order valence-electron chi connectivity index (χ4n) is 2.29. The van der Waals surface area contributed by atoms with Crippen molar-refractivity contribution < 1.29 is 4.79 Å². The molecule has 0 aliphatic heterocycles. The van der Waals surface area contributed by atoms with Crippen LogP contribution in [0.1, 0.15) is 23.3 Å². The number of benzene rings is 1. The molecule has 0 bridgehead atoms. The summed E-state index contributed by atoms with van der Waals surface area (Å²) in [7, 11) is 0. The molecule has 2 aromatic heterocycles. The van der Waals surface area contributed by atoms with Gasteiger partial charge in [-0.3, -0.25) is 10.1 Å². The predicted octanol–water partition coefficient (Wildman–Crippen LogP) is 2.78. The van der Waals surface area contributed by atoms with Crippen molar-refractivity contribution in [1.29, 1.82) is 0 Å². The highest BCUT2D eigenvalue weighted by Crippen LogP contribution is 2.20. The number of thioether (sulfide) groups is 1. The zero-order valence-electron chi connectivity index (χ0n) is 14.0. The number of hydrogen-bond donors (Lipinski definition) is 1. The highest BCUT2D eigenvalue weighted by Gasteiger charge is 2.14. The van der Waals surface area contributed by atoms with Gasteiger partial charge in [0, 0.05) is 13.0 Å². The zero-order valence-corrected chi connectivity index (χ0v) is 15.6. The molecule has 0 saturated heterocycles. The van der Waals surface area contributed by atoms with Crippen molar-refractivity contribution in [3.05, 3.63) is 46.7 Å². The first-order valence-corrected chi connectivity index (χ1v) is 9.64. The van der Waals surface area contributed by atoms with Gasteiger partial charge in [-0.25, -0.2) is 0 Å². The maximum atomic E-state index is 12.0. The number of aromatic nitrogens is 5. The first-order valence-electron chi connectivity index (χ1n) is 7.84. The van der Waals surface area contributed by atoms with Gasteiger partial charge in [-0.2, -0.15) is 0 Å². The lowest BCUT2D eigenvalue weighted by Crippen LogP contribution is -2.14. The monoisotopic (exact) mass is 374 g/mol. The first-order chi connectivity index (χ1) is 12.2. The Kier molecular flexibility index (Phi) is 5.77. The number of rotatable bonds is 7. The number of carbonyl (C=O) groups excluding carboxylic acids is 1. The van der Waals surface area contributed by atoms with Crippen LogP contribution in [0.5, 0.6) is 0 Å². The summed E-state index contributed by atoms with van der Waals surface area (Å²) in [5, 5.41) is 21.1. The number of anilines is 1. The van der Waals surface area contributed by atoms with Crippen molar-refractivity contribution in [2.24, 2.45) is 0 Å². The van der Waals surface area contributed by atoms with E-state index in [1.807, 2.05) is 36.6 Å². The first kappa shape index (κ1) is 17.6. The highest BCUT2D eigenvalue weighted by atomic mass is 32.2. The molecule has 0 fully saturated rings. The lowest BCUT2D eigenvalue weighted by Gasteiger charge is -2.07. The highest BCUT2D eigenvalue weighted by molar-refractivity contribution is 7.99. The smallest absolute Gasteiger partial charge is 0.236 e. The van der Waals surface area contributed by atoms with Crippen LogP contribution in [-0.4, -0.2) is 36.6 Å². The molecule has 3 aromatic rings. The van der Waals surface area contributed by atoms with Gasteiger partial charge in [-0.1, -0.05) is 53.4 Å². The van der Waals surface area contributed by atoms with Gasteiger partial charge in [0.2, 0.25) is 11.0 Å². The van der Waals surface area contributed by atoms with E-state index in [2.05, 4.69) is 37.8 Å². The third kappa shape index (κ3) is 4.64. The van der Waals surface area contributed by atoms with Crippen molar-refractivity contribution in [2.45, 2.75) is 32.0 Å². The maximum absolute atomic E-state index is 12.0. The van der Waals surface area contributed by atoms with Gasteiger partial charge >= 0.3 is 0 Å². The molecule has 0 unspecified atom stereocenters. The van der Waals surface area contributed by atoms with Crippen LogP contribution in [-0.2, 0) is 17.8 Å². The largest absolute Gasteiger partial charge is 0.306 e. The van der Waals surface area contributed by atoms with Crippen LogP contribution >= 0.6 is 23.1 Å². The molecular weight excluding hydrogens is 356 g/mol. The third-order valence-corrected chi connectivity index (χ3v) is 5.14. The van der Waals surface area contributed by atoms with E-state index in [0.29, 0.717) is 5.13 Å². The van der Waals surface area contributed by atoms with Crippen LogP contribution in [0.15, 0.2) is 35.5 Å². The third-order valence-electron chi connectivity index (χ3n) is 3.42. The number of amides is 1. The van der Waals surface area contributed by atoms with Crippen molar-refractivity contribution >= 4 is 34.1 Å². The van der Waals surface area contributed by atoms with Gasteiger partial charge in [0.05, 0.1) is 5.75 Å². The summed E-state index contributed by atoms with van der Waals surface area (Å²) in [4.78, 5) is 12.0. The summed E-state index contributed by atoms with van der Waals surface area (Å²) in [5.74, 6) is 1.02. The molecule has 0 aliphatic rings. The van der Waals surface area contributed by atoms with Gasteiger partial charge in [0.1, 0.15) is 10.8 Å². The summed E-state index contributed by atoms with van der Waals surface area (Å²) < 4.78 is 2.04. The maximum Gasteiger partial charge on any atom is 0.236 e. The molecule has 2 heterocycles. The molecule has 130 valence electrons. The zero-order chi connectivity index (χ0) is 17.6. The van der Waals surface area contributed by atoms with Gasteiger partial charge in [-0.05, 0) is 19.4 Å². The average Bonchev–Trinajstić information content (AvgIpc) is 3.19. The average molecular weight is 374 g/mol. The minimum Gasteiger partial charge on any atom is -0.306 e. The molecule has 9 heteroatoms. The number of aryl methyl sites for hydroxylation is 1. The standard InChI is InChI=1S/C16H18N6OS2/c1-3-22-13(9-12-7-5-4-6-8-12)19-21-16(22)24-10-14(23)17-15-20-18-11(2)25-15/h4-8H,3,9-10H2,1-2H3,(H,17,20,23). The minimum atomic E-state index is -0.128. The Balaban J connectivity index is 1.61. The van der Waals surface area contributed by atoms with E-state index >= 15 is 0 Å². The van der Waals surface area contributed by atoms with Crippen LogP contribution in [0.4, 0.5) is 5.13 Å². The van der Waals surface area contributed by atoms with Crippen molar-refractivity contribution in [3.8, 4) is 0 Å². The summed E-state index contributed by atoms with van der Waals surface area (Å²) in [5.41, 5.74) is 1.19. The molecule has 1 N–H and O–H groups in total. The van der Waals surface area contributed by atoms with E-state index in [1.54, 1.807) is 0 Å². The van der Waals surface area contributed by atoms with Gasteiger partial charge < -0.3 is 4.57 Å². The van der Waals surface area contributed by atoms with E-state index in [4.69, 9.17) is 0 Å². The van der Waals surface area contributed by atoms with Crippen molar-refractivity contribution in [3.63, 3.8) is 0 Å². The summed E-state index contributed by atoms with van der Waals surface area (Å²) in [6.45, 7) is 4.65. The molecule has 0 aliphatic carbocycles. The second-order valence-corrected chi connectivity index (χ2v) is 7.39. The SMILES string of the molecule is CCn1c(Cc2ccccc2)nnc1SCC(=O)Nc1nnc(C)s1. The molecule has 0 radical (unpaired) electrons. The number of nitrogens with one attached hydrogen (secondary N) is 1. The lowest BCUT2D eigenvalue weighted by molar-refractivity contribution is -0.113. The van der Waals surface area contributed by atoms with E-state index in [9.17, 15) is 4.79 Å². The Morgan fingerprint density at radius 3 is 2.68 bits per heavy atom. The minimum absolute atomic E-state index is 0.128. The molecular formula is C16H18N6OS2. The summed E-state index contributed by atoms with van der Waals surface area (Å²) in [6.07, 6.45) is 0.721. The fraction of sp³-hybridized carbons (Fsp3) is 0.312. The molecule has 1 aromatic carbocycles. The van der Waals surface area contributed by atoms with Crippen LogP contribution in [0, 0.1) is 6.92 Å². The molecule has 3 rings (SSSR count). The normalized spacial score (nSPS) is 10.8. The second kappa shape index (κ2) is 8.21. The summed E-state index contributed by atoms with van der Waals surface area (Å²) in [6, 6.07) is 10.2. The Hall–Kier alpha value is -2.26. The Bertz CT molecular complexity index is 845. The lowest BCUT2D eigenvalue weighted by atomic mass is 10.1. The Labute approximate surface area is 153 Å². The Morgan fingerprint density at radius 1 is 1.20 bits per heavy atom. The van der Waals surface area contributed by atoms with E-state index < -0.39 is 0 Å². The number of nitrogens with zero attached hydrogens (tertiary/aromatic N) is 5. The number of hydrogen-bond acceptors (Lipinski definition) is 7. The molecule has 0 saturated carbocycles. The second-order valence-electron chi connectivity index (χ2n) is 5.27. The van der Waals surface area contributed by atoms with Crippen molar-refractivity contribution in [1.82, 2.24) is 25.0 Å². The van der Waals surface area contributed by atoms with Gasteiger partial charge in [-0.15, -0.1) is 20.4 Å². The van der Waals surface area contributed by atoms with Crippen LogP contribution in [0.3, 0.4) is 0 Å². The molecule has 1 amide bonds. The quantitative estimate of drug-likeness (QED) is 0.640. The molecule has 25 heavy (non-hydrogen) atoms. The van der Waals surface area contributed by atoms with Gasteiger partial charge in [0.15, 0.2) is 5.16 Å². The van der Waals surface area contributed by atoms with Crippen LogP contribution in [0.2, 0.25) is 0 Å². The Morgan fingerprint density at radius 2 is 2.00 bits per heavy atom. The number of carbonyl (C=O) groups is 1. The fourth-order valence-corrected chi connectivity index (χ4v) is 3.71. The summed E-state index contributed by atoms with van der Waals surface area (Å²) >= 11 is 2.73. The topological polar surface area (TPSA) is 85.6 Å². The van der Waals surface area contributed by atoms with E-state index in [-0.39, 0.29) is 11.7 Å². The van der Waals surface area contributed by atoms with Crippen LogP contribution in [0.25, 0.3) is 0 Å². The molecule has 0 atom stereocenters. The van der Waals surface area contributed by atoms with E-state index in [0.717, 1.165) is 29.0 Å².